The first-order chi connectivity index (χ1) is 6.25. The van der Waals surface area contributed by atoms with E-state index in [4.69, 9.17) is 11.5 Å². The van der Waals surface area contributed by atoms with Crippen LogP contribution in [-0.2, 0) is 0 Å². The maximum atomic E-state index is 13.2. The van der Waals surface area contributed by atoms with Crippen LogP contribution in [-0.4, -0.2) is 12.3 Å². The molecule has 6 heteroatoms. The highest BCUT2D eigenvalue weighted by atomic mass is 19.4. The minimum atomic E-state index is -4.66. The standard InChI is InChI=1S/C8H10F4N2/c1-3-5(13)2-4(8(10,11)12)6(9)7(3)14/h2,4,6H,13-14H2,1H3. The lowest BCUT2D eigenvalue weighted by molar-refractivity contribution is -0.173. The Kier molecular flexibility index (Phi) is 2.47. The first-order valence-corrected chi connectivity index (χ1v) is 3.90. The van der Waals surface area contributed by atoms with Crippen molar-refractivity contribution in [2.75, 3.05) is 0 Å². The van der Waals surface area contributed by atoms with E-state index >= 15 is 0 Å². The van der Waals surface area contributed by atoms with Crippen LogP contribution in [0.1, 0.15) is 6.92 Å². The fourth-order valence-electron chi connectivity index (χ4n) is 1.23. The van der Waals surface area contributed by atoms with Gasteiger partial charge in [-0.2, -0.15) is 13.2 Å². The Morgan fingerprint density at radius 3 is 2.21 bits per heavy atom. The Morgan fingerprint density at radius 2 is 1.79 bits per heavy atom. The quantitative estimate of drug-likeness (QED) is 0.596. The number of halogens is 4. The third-order valence-electron chi connectivity index (χ3n) is 2.22. The smallest absolute Gasteiger partial charge is 0.398 e. The SMILES string of the molecule is CC1=C(N)C(F)C(C(F)(F)F)C=C1N. The van der Waals surface area contributed by atoms with Gasteiger partial charge < -0.3 is 11.5 Å². The maximum Gasteiger partial charge on any atom is 0.398 e. The maximum absolute atomic E-state index is 13.2. The first kappa shape index (κ1) is 10.9. The van der Waals surface area contributed by atoms with Gasteiger partial charge in [-0.1, -0.05) is 0 Å². The molecule has 2 atom stereocenters. The molecule has 4 N–H and O–H groups in total. The summed E-state index contributed by atoms with van der Waals surface area (Å²) in [5.74, 6) is -2.23. The number of hydrogen-bond donors (Lipinski definition) is 2. The summed E-state index contributed by atoms with van der Waals surface area (Å²) in [6.07, 6.45) is -6.23. The Morgan fingerprint density at radius 1 is 1.29 bits per heavy atom. The highest BCUT2D eigenvalue weighted by molar-refractivity contribution is 5.37. The zero-order chi connectivity index (χ0) is 11.1. The predicted molar refractivity (Wildman–Crippen MR) is 43.6 cm³/mol. The largest absolute Gasteiger partial charge is 0.399 e. The molecule has 1 rings (SSSR count). The van der Waals surface area contributed by atoms with E-state index in [9.17, 15) is 17.6 Å². The highest BCUT2D eigenvalue weighted by Gasteiger charge is 2.46. The molecule has 0 saturated heterocycles. The molecule has 0 amide bonds. The molecule has 0 radical (unpaired) electrons. The molecule has 0 spiro atoms. The van der Waals surface area contributed by atoms with Gasteiger partial charge in [-0.3, -0.25) is 0 Å². The third kappa shape index (κ3) is 1.69. The number of alkyl halides is 4. The molecule has 0 heterocycles. The summed E-state index contributed by atoms with van der Waals surface area (Å²) < 4.78 is 49.9. The van der Waals surface area contributed by atoms with Gasteiger partial charge in [0.05, 0.1) is 0 Å². The van der Waals surface area contributed by atoms with Crippen LogP contribution in [0, 0.1) is 5.92 Å². The molecule has 0 aromatic heterocycles. The molecule has 0 saturated carbocycles. The predicted octanol–water partition coefficient (Wildman–Crippen LogP) is 1.59. The van der Waals surface area contributed by atoms with Crippen LogP contribution < -0.4 is 11.5 Å². The van der Waals surface area contributed by atoms with Crippen molar-refractivity contribution in [3.8, 4) is 0 Å². The molecule has 1 aliphatic rings. The van der Waals surface area contributed by atoms with Gasteiger partial charge in [0.15, 0.2) is 6.17 Å². The van der Waals surface area contributed by atoms with Crippen LogP contribution in [0.25, 0.3) is 0 Å². The van der Waals surface area contributed by atoms with Crippen molar-refractivity contribution in [2.24, 2.45) is 17.4 Å². The van der Waals surface area contributed by atoms with E-state index in [1.807, 2.05) is 0 Å². The van der Waals surface area contributed by atoms with Crippen LogP contribution in [0.2, 0.25) is 0 Å². The van der Waals surface area contributed by atoms with Gasteiger partial charge in [0, 0.05) is 11.4 Å². The molecular formula is C8H10F4N2. The van der Waals surface area contributed by atoms with Gasteiger partial charge in [-0.25, -0.2) is 4.39 Å². The summed E-state index contributed by atoms with van der Waals surface area (Å²) in [6, 6.07) is 0. The van der Waals surface area contributed by atoms with Gasteiger partial charge >= 0.3 is 6.18 Å². The monoisotopic (exact) mass is 210 g/mol. The topological polar surface area (TPSA) is 52.0 Å². The third-order valence-corrected chi connectivity index (χ3v) is 2.22. The van der Waals surface area contributed by atoms with Crippen molar-refractivity contribution < 1.29 is 17.6 Å². The average Bonchev–Trinajstić information content (AvgIpc) is 2.06. The number of hydrogen-bond acceptors (Lipinski definition) is 2. The molecule has 0 aromatic carbocycles. The Labute approximate surface area is 78.3 Å². The van der Waals surface area contributed by atoms with Crippen LogP contribution >= 0.6 is 0 Å². The van der Waals surface area contributed by atoms with Crippen molar-refractivity contribution in [1.29, 1.82) is 0 Å². The fourth-order valence-corrected chi connectivity index (χ4v) is 1.23. The molecule has 0 bridgehead atoms. The fraction of sp³-hybridized carbons (Fsp3) is 0.500. The van der Waals surface area contributed by atoms with Gasteiger partial charge in [-0.15, -0.1) is 0 Å². The van der Waals surface area contributed by atoms with Crippen LogP contribution in [0.4, 0.5) is 17.6 Å². The van der Waals surface area contributed by atoms with E-state index < -0.39 is 24.0 Å². The minimum absolute atomic E-state index is 0.112. The second kappa shape index (κ2) is 3.18. The zero-order valence-corrected chi connectivity index (χ0v) is 7.40. The summed E-state index contributed by atoms with van der Waals surface area (Å²) in [4.78, 5) is 0. The molecule has 0 aliphatic heterocycles. The van der Waals surface area contributed by atoms with Crippen LogP contribution in [0.5, 0.6) is 0 Å². The molecule has 1 aliphatic carbocycles. The van der Waals surface area contributed by atoms with E-state index in [1.54, 1.807) is 0 Å². The minimum Gasteiger partial charge on any atom is -0.399 e. The second-order valence-corrected chi connectivity index (χ2v) is 3.17. The Balaban J connectivity index is 3.09. The summed E-state index contributed by atoms with van der Waals surface area (Å²) in [6.45, 7) is 1.39. The summed E-state index contributed by atoms with van der Waals surface area (Å²) in [5, 5.41) is 0. The second-order valence-electron chi connectivity index (χ2n) is 3.17. The van der Waals surface area contributed by atoms with Gasteiger partial charge in [0.25, 0.3) is 0 Å². The lowest BCUT2D eigenvalue weighted by atomic mass is 9.90. The highest BCUT2D eigenvalue weighted by Crippen LogP contribution is 2.37. The normalized spacial score (nSPS) is 29.1. The Hall–Kier alpha value is -1.20. The molecule has 0 aromatic rings. The lowest BCUT2D eigenvalue weighted by Crippen LogP contribution is -2.37. The van der Waals surface area contributed by atoms with Crippen LogP contribution in [0.3, 0.4) is 0 Å². The van der Waals surface area contributed by atoms with Crippen molar-refractivity contribution in [2.45, 2.75) is 19.3 Å². The molecular weight excluding hydrogens is 200 g/mol. The van der Waals surface area contributed by atoms with Gasteiger partial charge in [0.2, 0.25) is 0 Å². The summed E-state index contributed by atoms with van der Waals surface area (Å²) >= 11 is 0. The summed E-state index contributed by atoms with van der Waals surface area (Å²) in [5.41, 5.74) is 10.1. The van der Waals surface area contributed by atoms with E-state index in [1.165, 1.54) is 6.92 Å². The molecule has 2 unspecified atom stereocenters. The van der Waals surface area contributed by atoms with E-state index in [0.29, 0.717) is 6.08 Å². The summed E-state index contributed by atoms with van der Waals surface area (Å²) in [7, 11) is 0. The number of rotatable bonds is 0. The molecule has 80 valence electrons. The van der Waals surface area contributed by atoms with Crippen molar-refractivity contribution in [1.82, 2.24) is 0 Å². The molecule has 2 nitrogen and oxygen atoms in total. The number of nitrogens with two attached hydrogens (primary N) is 2. The first-order valence-electron chi connectivity index (χ1n) is 3.90. The van der Waals surface area contributed by atoms with Crippen molar-refractivity contribution in [3.05, 3.63) is 23.0 Å². The van der Waals surface area contributed by atoms with Crippen molar-refractivity contribution >= 4 is 0 Å². The zero-order valence-electron chi connectivity index (χ0n) is 7.40. The van der Waals surface area contributed by atoms with Gasteiger partial charge in [0.1, 0.15) is 5.92 Å². The number of allylic oxidation sites excluding steroid dienone is 3. The van der Waals surface area contributed by atoms with Gasteiger partial charge in [-0.05, 0) is 18.6 Å². The van der Waals surface area contributed by atoms with E-state index in [-0.39, 0.29) is 11.3 Å². The average molecular weight is 210 g/mol. The lowest BCUT2D eigenvalue weighted by Gasteiger charge is -2.27. The Bertz CT molecular complexity index is 303. The van der Waals surface area contributed by atoms with E-state index in [0.717, 1.165) is 0 Å². The van der Waals surface area contributed by atoms with Crippen LogP contribution in [0.15, 0.2) is 23.0 Å². The molecule has 0 fully saturated rings. The van der Waals surface area contributed by atoms with Crippen molar-refractivity contribution in [3.63, 3.8) is 0 Å². The molecule has 14 heavy (non-hydrogen) atoms. The van der Waals surface area contributed by atoms with E-state index in [2.05, 4.69) is 0 Å².